The maximum Gasteiger partial charge on any atom is 0.310 e. The van der Waals surface area contributed by atoms with Crippen LogP contribution in [-0.2, 0) is 47.8 Å². The predicted molar refractivity (Wildman–Crippen MR) is 575 cm³/mol. The largest absolute Gasteiger partial charge is 0.469 e. The van der Waals surface area contributed by atoms with Crippen LogP contribution in [0.5, 0.6) is 0 Å². The van der Waals surface area contributed by atoms with E-state index in [0.717, 1.165) is 212 Å². The van der Waals surface area contributed by atoms with Crippen molar-refractivity contribution in [1.82, 2.24) is 44.1 Å². The van der Waals surface area contributed by atoms with Gasteiger partial charge >= 0.3 is 11.9 Å². The van der Waals surface area contributed by atoms with Gasteiger partial charge in [-0.1, -0.05) is 193 Å². The Labute approximate surface area is 836 Å². The van der Waals surface area contributed by atoms with E-state index in [4.69, 9.17) is 9.47 Å². The van der Waals surface area contributed by atoms with Gasteiger partial charge in [-0.15, -0.1) is 23.5 Å². The zero-order chi connectivity index (χ0) is 102. The summed E-state index contributed by atoms with van der Waals surface area (Å²) in [5.74, 6) is 6.74. The van der Waals surface area contributed by atoms with Crippen LogP contribution in [0.15, 0.2) is 0 Å². The van der Waals surface area contributed by atoms with Gasteiger partial charge in [0.25, 0.3) is 0 Å². The number of Topliss-reactive ketones (excluding diaryl/α,β-unsaturated/α-hetero) is 6. The Morgan fingerprint density at radius 2 is 0.590 bits per heavy atom. The van der Waals surface area contributed by atoms with Gasteiger partial charge in [0, 0.05) is 86.4 Å². The molecule has 0 aromatic heterocycles. The number of rotatable bonds is 27. The average Bonchev–Trinajstić information content (AvgIpc) is 1.83. The van der Waals surface area contributed by atoms with Crippen LogP contribution in [0.2, 0.25) is 0 Å². The molecule has 9 aliphatic heterocycles. The van der Waals surface area contributed by atoms with E-state index in [1.54, 1.807) is 53.3 Å². The van der Waals surface area contributed by atoms with E-state index in [-0.39, 0.29) is 35.2 Å². The number of methoxy groups -OCH3 is 1. The molecular formula is C113H219N9O10S2. The minimum absolute atomic E-state index is 0.00652. The van der Waals surface area contributed by atoms with E-state index in [1.807, 2.05) is 18.7 Å². The number of hydrogen-bond acceptors (Lipinski definition) is 21. The van der Waals surface area contributed by atoms with Crippen LogP contribution in [0, 0.1) is 84.2 Å². The monoisotopic (exact) mass is 1930 g/mol. The fourth-order valence-corrected chi connectivity index (χ4v) is 20.2. The number of carbonyl (C=O) groups is 8. The van der Waals surface area contributed by atoms with E-state index >= 15 is 0 Å². The van der Waals surface area contributed by atoms with Crippen LogP contribution in [0.3, 0.4) is 0 Å². The van der Waals surface area contributed by atoms with Crippen molar-refractivity contribution < 1.29 is 47.8 Å². The van der Waals surface area contributed by atoms with Gasteiger partial charge in [-0.25, -0.2) is 0 Å². The third kappa shape index (κ3) is 66.2. The van der Waals surface area contributed by atoms with Crippen molar-refractivity contribution in [3.05, 3.63) is 0 Å². The van der Waals surface area contributed by atoms with Crippen molar-refractivity contribution in [2.45, 2.75) is 414 Å². The molecule has 6 unspecified atom stereocenters. The quantitative estimate of drug-likeness (QED) is 0.0707. The molecule has 9 fully saturated rings. The number of thioether (sulfide) groups is 2. The SMILES string of the molecule is CC(=O)C1CCCN(CCC(C)(C)C)C1.CC(=O)C1CCCN(CCC(C)(C)C)C1.CC(=O)C1CCN(CCC(C)(C)C)CC1.CC(=O)C1CCN(CCC(C)(C)C)CC1.CC(=O)C1CSCN1CCC(C)(C)C.CC(=O)C1SCCN1CCC(C)(C)C.CC1CCCCN1CCC(C)(C)C.CCOC(=O)C1CCCN(CCC(C)(C)C)C1.COC(=O)C1CCN(CCC(C)(C)C)CC1. The van der Waals surface area contributed by atoms with Crippen molar-refractivity contribution in [1.29, 1.82) is 0 Å². The molecule has 0 radical (unpaired) electrons. The molecule has 9 heterocycles. The normalized spacial score (nSPS) is 22.8. The summed E-state index contributed by atoms with van der Waals surface area (Å²) < 4.78 is 9.89. The molecule has 0 N–H and O–H groups in total. The van der Waals surface area contributed by atoms with Crippen LogP contribution >= 0.6 is 23.5 Å². The first-order chi connectivity index (χ1) is 61.7. The van der Waals surface area contributed by atoms with Gasteiger partial charge in [0.05, 0.1) is 31.6 Å². The Kier molecular flexibility index (Phi) is 61.9. The lowest BCUT2D eigenvalue weighted by Crippen LogP contribution is -2.40. The molecule has 0 saturated carbocycles. The highest BCUT2D eigenvalue weighted by atomic mass is 32.2. The van der Waals surface area contributed by atoms with E-state index in [1.165, 1.54) is 123 Å². The zero-order valence-corrected chi connectivity index (χ0v) is 96.3. The third-order valence-corrected chi connectivity index (χ3v) is 30.4. The third-order valence-electron chi connectivity index (χ3n) is 28.0. The van der Waals surface area contributed by atoms with Gasteiger partial charge < -0.3 is 43.8 Å². The van der Waals surface area contributed by atoms with Gasteiger partial charge in [-0.05, 0) is 363 Å². The Balaban J connectivity index is 0.000000754. The summed E-state index contributed by atoms with van der Waals surface area (Å²) >= 11 is 3.66. The van der Waals surface area contributed by atoms with Gasteiger partial charge in [0.15, 0.2) is 5.78 Å². The Morgan fingerprint density at radius 3 is 0.888 bits per heavy atom. The van der Waals surface area contributed by atoms with E-state index in [0.29, 0.717) is 114 Å². The van der Waals surface area contributed by atoms with Gasteiger partial charge in [0.2, 0.25) is 0 Å². The Hall–Kier alpha value is -2.70. The second-order valence-electron chi connectivity index (χ2n) is 52.5. The zero-order valence-electron chi connectivity index (χ0n) is 94.7. The van der Waals surface area contributed by atoms with Crippen molar-refractivity contribution in [3.8, 4) is 0 Å². The summed E-state index contributed by atoms with van der Waals surface area (Å²) in [6.07, 6.45) is 28.1. The maximum absolute atomic E-state index is 11.7. The highest BCUT2D eigenvalue weighted by molar-refractivity contribution is 8.00. The van der Waals surface area contributed by atoms with Crippen LogP contribution in [0.4, 0.5) is 0 Å². The minimum atomic E-state index is -0.0320. The van der Waals surface area contributed by atoms with Crippen molar-refractivity contribution in [2.24, 2.45) is 84.2 Å². The Bertz CT molecular complexity index is 3090. The van der Waals surface area contributed by atoms with Crippen molar-refractivity contribution >= 4 is 70.2 Å². The van der Waals surface area contributed by atoms with Crippen LogP contribution in [0.1, 0.15) is 396 Å². The van der Waals surface area contributed by atoms with Gasteiger partial charge in [-0.3, -0.25) is 48.2 Å². The molecule has 0 bridgehead atoms. The summed E-state index contributed by atoms with van der Waals surface area (Å²) in [6.45, 7) is 102. The molecule has 6 atom stereocenters. The number of carbonyl (C=O) groups excluding carboxylic acids is 8. The first kappa shape index (κ1) is 129. The number of esters is 2. The molecule has 9 aliphatic rings. The first-order valence-corrected chi connectivity index (χ1v) is 55.9. The summed E-state index contributed by atoms with van der Waals surface area (Å²) in [5.41, 5.74) is 3.68. The van der Waals surface area contributed by atoms with E-state index in [2.05, 4.69) is 238 Å². The molecule has 19 nitrogen and oxygen atoms in total. The lowest BCUT2D eigenvalue weighted by molar-refractivity contribution is -0.150. The summed E-state index contributed by atoms with van der Waals surface area (Å²) in [6, 6.07) is 1.01. The fourth-order valence-electron chi connectivity index (χ4n) is 17.6. The molecule has 0 aliphatic carbocycles. The smallest absolute Gasteiger partial charge is 0.310 e. The second-order valence-corrected chi connectivity index (χ2v) is 54.7. The minimum Gasteiger partial charge on any atom is -0.469 e. The Morgan fingerprint density at radius 1 is 0.291 bits per heavy atom. The van der Waals surface area contributed by atoms with Crippen molar-refractivity contribution in [2.75, 3.05) is 182 Å². The van der Waals surface area contributed by atoms with Crippen LogP contribution in [0.25, 0.3) is 0 Å². The lowest BCUT2D eigenvalue weighted by atomic mass is 9.90. The molecule has 9 rings (SSSR count). The van der Waals surface area contributed by atoms with E-state index < -0.39 is 0 Å². The lowest BCUT2D eigenvalue weighted by Gasteiger charge is -2.35. The molecule has 9 saturated heterocycles. The molecule has 134 heavy (non-hydrogen) atoms. The maximum atomic E-state index is 11.7. The number of ether oxygens (including phenoxy) is 2. The topological polar surface area (TPSA) is 184 Å². The van der Waals surface area contributed by atoms with Crippen LogP contribution in [-0.4, -0.2) is 290 Å². The van der Waals surface area contributed by atoms with E-state index in [9.17, 15) is 38.4 Å². The van der Waals surface area contributed by atoms with Gasteiger partial charge in [-0.2, -0.15) is 0 Å². The number of ketones is 6. The molecule has 0 spiro atoms. The number of likely N-dealkylation sites (tertiary alicyclic amines) is 7. The fraction of sp³-hybridized carbons (Fsp3) is 0.929. The molecule has 788 valence electrons. The first-order valence-electron chi connectivity index (χ1n) is 53.7. The molecule has 21 heteroatoms. The highest BCUT2D eigenvalue weighted by Gasteiger charge is 2.35. The number of nitrogens with zero attached hydrogens (tertiary/aromatic N) is 9. The molecule has 0 amide bonds. The number of hydrogen-bond donors (Lipinski definition) is 0. The predicted octanol–water partition coefficient (Wildman–Crippen LogP) is 24.0. The summed E-state index contributed by atoms with van der Waals surface area (Å²) in [5, 5.41) is 0.136. The van der Waals surface area contributed by atoms with Gasteiger partial charge in [0.1, 0.15) is 34.3 Å². The summed E-state index contributed by atoms with van der Waals surface area (Å²) in [7, 11) is 1.48. The standard InChI is InChI=1S/C14H27NO2.C13H25NO2.4C13H25NO.C12H25N.2C11H21NOS/c1-5-17-13(16)12-7-6-9-15(11-12)10-8-14(2,3)4;1-13(2,3)7-10-14-8-5-11(6-9-14)12(15)16-4;2*1-11(15)12-5-8-14(9-6-12)10-7-13(2,3)4;2*1-11(15)12-6-5-8-14(10-12)9-7-13(2,3)4;1-11-7-5-6-9-13(11)10-8-12(2,3)4;1-9(13)10-7-14-8-12(10)6-5-11(2,3)4;1-9(13)10-12(7-8-14-10)6-5-11(2,3)4/h12H,5-11H2,1-4H3;11H,5-10H2,1-4H3;4*12H,5-10H2,1-4H3;11H,5-10H2,1-4H3;2*10H,5-8H2,1-4H3. The second kappa shape index (κ2) is 64.1. The highest BCUT2D eigenvalue weighted by Crippen LogP contribution is 2.34. The molecule has 0 aromatic rings. The molecular weight excluding hydrogens is 1710 g/mol. The summed E-state index contributed by atoms with van der Waals surface area (Å²) in [4.78, 5) is 113. The van der Waals surface area contributed by atoms with Crippen LogP contribution < -0.4 is 0 Å². The van der Waals surface area contributed by atoms with Crippen molar-refractivity contribution in [3.63, 3.8) is 0 Å². The average molecular weight is 1930 g/mol. The molecule has 0 aromatic carbocycles. The number of piperidine rings is 7.